The number of morpholine rings is 1. The summed E-state index contributed by atoms with van der Waals surface area (Å²) in [6.07, 6.45) is 0.240. The van der Waals surface area contributed by atoms with Gasteiger partial charge in [0, 0.05) is 18.8 Å². The van der Waals surface area contributed by atoms with Crippen molar-refractivity contribution < 1.29 is 9.53 Å². The third-order valence-corrected chi connectivity index (χ3v) is 2.99. The summed E-state index contributed by atoms with van der Waals surface area (Å²) in [6.45, 7) is 5.70. The summed E-state index contributed by atoms with van der Waals surface area (Å²) in [4.78, 5) is 13.9. The first-order chi connectivity index (χ1) is 8.65. The Balaban J connectivity index is 1.84. The van der Waals surface area contributed by atoms with E-state index in [1.54, 1.807) is 0 Å². The SMILES string of the molecule is C[C@@H]1CN(C(=O)CNc2ccccc2)C[C@H](C)O1. The van der Waals surface area contributed by atoms with E-state index in [1.807, 2.05) is 49.1 Å². The van der Waals surface area contributed by atoms with E-state index < -0.39 is 0 Å². The fourth-order valence-corrected chi connectivity index (χ4v) is 2.23. The quantitative estimate of drug-likeness (QED) is 0.886. The summed E-state index contributed by atoms with van der Waals surface area (Å²) < 4.78 is 5.62. The molecule has 1 saturated heterocycles. The number of nitrogens with zero attached hydrogens (tertiary/aromatic N) is 1. The molecule has 1 amide bonds. The third-order valence-electron chi connectivity index (χ3n) is 2.99. The van der Waals surface area contributed by atoms with Gasteiger partial charge < -0.3 is 15.0 Å². The van der Waals surface area contributed by atoms with E-state index in [-0.39, 0.29) is 18.1 Å². The van der Waals surface area contributed by atoms with Gasteiger partial charge in [-0.25, -0.2) is 0 Å². The van der Waals surface area contributed by atoms with Crippen LogP contribution in [0, 0.1) is 0 Å². The molecule has 1 aromatic carbocycles. The van der Waals surface area contributed by atoms with Gasteiger partial charge in [0.15, 0.2) is 0 Å². The summed E-state index contributed by atoms with van der Waals surface area (Å²) in [5, 5.41) is 3.14. The molecule has 18 heavy (non-hydrogen) atoms. The predicted molar refractivity (Wildman–Crippen MR) is 71.5 cm³/mol. The molecule has 2 rings (SSSR count). The van der Waals surface area contributed by atoms with Gasteiger partial charge in [-0.3, -0.25) is 4.79 Å². The number of hydrogen-bond acceptors (Lipinski definition) is 3. The Kier molecular flexibility index (Phi) is 4.20. The fourth-order valence-electron chi connectivity index (χ4n) is 2.23. The van der Waals surface area contributed by atoms with Gasteiger partial charge >= 0.3 is 0 Å². The van der Waals surface area contributed by atoms with Gasteiger partial charge in [0.1, 0.15) is 0 Å². The van der Waals surface area contributed by atoms with Crippen molar-refractivity contribution in [3.05, 3.63) is 30.3 Å². The largest absolute Gasteiger partial charge is 0.376 e. The number of para-hydroxylation sites is 1. The average molecular weight is 248 g/mol. The molecule has 0 radical (unpaired) electrons. The number of benzene rings is 1. The highest BCUT2D eigenvalue weighted by Crippen LogP contribution is 2.11. The van der Waals surface area contributed by atoms with Crippen LogP contribution < -0.4 is 5.32 Å². The Hall–Kier alpha value is -1.55. The van der Waals surface area contributed by atoms with Crippen LogP contribution in [0.3, 0.4) is 0 Å². The second kappa shape index (κ2) is 5.87. The molecule has 1 aliphatic rings. The fraction of sp³-hybridized carbons (Fsp3) is 0.500. The van der Waals surface area contributed by atoms with E-state index in [0.717, 1.165) is 5.69 Å². The molecule has 0 unspecified atom stereocenters. The summed E-state index contributed by atoms with van der Waals surface area (Å²) in [7, 11) is 0. The van der Waals surface area contributed by atoms with Crippen LogP contribution in [0.2, 0.25) is 0 Å². The van der Waals surface area contributed by atoms with Gasteiger partial charge in [-0.05, 0) is 26.0 Å². The molecule has 98 valence electrons. The summed E-state index contributed by atoms with van der Waals surface area (Å²) in [5.41, 5.74) is 0.972. The molecule has 0 aromatic heterocycles. The van der Waals surface area contributed by atoms with Crippen molar-refractivity contribution in [1.82, 2.24) is 4.90 Å². The van der Waals surface area contributed by atoms with Crippen LogP contribution in [0.25, 0.3) is 0 Å². The number of rotatable bonds is 3. The third kappa shape index (κ3) is 3.47. The number of hydrogen-bond donors (Lipinski definition) is 1. The Morgan fingerprint density at radius 2 is 1.89 bits per heavy atom. The minimum absolute atomic E-state index is 0.120. The standard InChI is InChI=1S/C14H20N2O2/c1-11-9-16(10-12(2)18-11)14(17)8-15-13-6-4-3-5-7-13/h3-7,11-12,15H,8-10H2,1-2H3/t11-,12+. The van der Waals surface area contributed by atoms with Gasteiger partial charge in [-0.1, -0.05) is 18.2 Å². The normalized spacial score (nSPS) is 23.8. The Morgan fingerprint density at radius 1 is 1.28 bits per heavy atom. The second-order valence-corrected chi connectivity index (χ2v) is 4.78. The molecule has 4 heteroatoms. The molecule has 2 atom stereocenters. The Morgan fingerprint density at radius 3 is 2.50 bits per heavy atom. The minimum Gasteiger partial charge on any atom is -0.376 e. The molecule has 4 nitrogen and oxygen atoms in total. The lowest BCUT2D eigenvalue weighted by molar-refractivity contribution is -0.141. The van der Waals surface area contributed by atoms with Gasteiger partial charge in [0.2, 0.25) is 5.91 Å². The summed E-state index contributed by atoms with van der Waals surface area (Å²) >= 11 is 0. The van der Waals surface area contributed by atoms with Crippen LogP contribution in [0.1, 0.15) is 13.8 Å². The highest BCUT2D eigenvalue weighted by atomic mass is 16.5. The number of amides is 1. The molecule has 1 aromatic rings. The number of ether oxygens (including phenoxy) is 1. The molecule has 0 spiro atoms. The molecule has 0 aliphatic carbocycles. The zero-order valence-corrected chi connectivity index (χ0v) is 10.9. The Labute approximate surface area is 108 Å². The molecule has 1 heterocycles. The lowest BCUT2D eigenvalue weighted by atomic mass is 10.2. The minimum atomic E-state index is 0.120. The van der Waals surface area contributed by atoms with Gasteiger partial charge in [-0.15, -0.1) is 0 Å². The van der Waals surface area contributed by atoms with Crippen LogP contribution in [0.4, 0.5) is 5.69 Å². The summed E-state index contributed by atoms with van der Waals surface area (Å²) in [5.74, 6) is 0.126. The van der Waals surface area contributed by atoms with Crippen molar-refractivity contribution in [1.29, 1.82) is 0 Å². The zero-order valence-electron chi connectivity index (χ0n) is 10.9. The molecule has 1 fully saturated rings. The molecule has 0 bridgehead atoms. The maximum Gasteiger partial charge on any atom is 0.242 e. The van der Waals surface area contributed by atoms with Crippen molar-refractivity contribution in [2.45, 2.75) is 26.1 Å². The highest BCUT2D eigenvalue weighted by Gasteiger charge is 2.25. The molecule has 1 aliphatic heterocycles. The molecular formula is C14H20N2O2. The van der Waals surface area contributed by atoms with Crippen molar-refractivity contribution in [2.75, 3.05) is 25.0 Å². The van der Waals surface area contributed by atoms with Crippen molar-refractivity contribution in [2.24, 2.45) is 0 Å². The van der Waals surface area contributed by atoms with E-state index in [1.165, 1.54) is 0 Å². The predicted octanol–water partition coefficient (Wildman–Crippen LogP) is 1.73. The first kappa shape index (κ1) is 12.9. The number of carbonyl (C=O) groups is 1. The molecular weight excluding hydrogens is 228 g/mol. The monoisotopic (exact) mass is 248 g/mol. The molecule has 0 saturated carbocycles. The van der Waals surface area contributed by atoms with Crippen LogP contribution in [-0.2, 0) is 9.53 Å². The summed E-state index contributed by atoms with van der Waals surface area (Å²) in [6, 6.07) is 9.77. The lowest BCUT2D eigenvalue weighted by Gasteiger charge is -2.35. The topological polar surface area (TPSA) is 41.6 Å². The van der Waals surface area contributed by atoms with Crippen LogP contribution in [0.15, 0.2) is 30.3 Å². The second-order valence-electron chi connectivity index (χ2n) is 4.78. The van der Waals surface area contributed by atoms with Crippen molar-refractivity contribution in [3.63, 3.8) is 0 Å². The number of carbonyl (C=O) groups excluding carboxylic acids is 1. The first-order valence-electron chi connectivity index (χ1n) is 6.37. The Bertz CT molecular complexity index is 384. The first-order valence-corrected chi connectivity index (χ1v) is 6.37. The van der Waals surface area contributed by atoms with E-state index in [4.69, 9.17) is 4.74 Å². The lowest BCUT2D eigenvalue weighted by Crippen LogP contribution is -2.49. The van der Waals surface area contributed by atoms with Crippen LogP contribution >= 0.6 is 0 Å². The maximum absolute atomic E-state index is 12.1. The molecule has 1 N–H and O–H groups in total. The van der Waals surface area contributed by atoms with E-state index in [0.29, 0.717) is 19.6 Å². The average Bonchev–Trinajstić information content (AvgIpc) is 2.36. The van der Waals surface area contributed by atoms with Gasteiger partial charge in [-0.2, -0.15) is 0 Å². The van der Waals surface area contributed by atoms with Crippen molar-refractivity contribution >= 4 is 11.6 Å². The van der Waals surface area contributed by atoms with Crippen molar-refractivity contribution in [3.8, 4) is 0 Å². The highest BCUT2D eigenvalue weighted by molar-refractivity contribution is 5.81. The number of anilines is 1. The van der Waals surface area contributed by atoms with E-state index >= 15 is 0 Å². The number of nitrogens with one attached hydrogen (secondary N) is 1. The van der Waals surface area contributed by atoms with Crippen LogP contribution in [-0.4, -0.2) is 42.6 Å². The zero-order chi connectivity index (χ0) is 13.0. The van der Waals surface area contributed by atoms with E-state index in [2.05, 4.69) is 5.32 Å². The smallest absolute Gasteiger partial charge is 0.242 e. The van der Waals surface area contributed by atoms with Gasteiger partial charge in [0.05, 0.1) is 18.8 Å². The van der Waals surface area contributed by atoms with E-state index in [9.17, 15) is 4.79 Å². The van der Waals surface area contributed by atoms with Gasteiger partial charge in [0.25, 0.3) is 0 Å². The maximum atomic E-state index is 12.1. The van der Waals surface area contributed by atoms with Crippen LogP contribution in [0.5, 0.6) is 0 Å².